The molecule has 110 valence electrons. The second-order valence-corrected chi connectivity index (χ2v) is 4.75. The molecule has 0 aliphatic rings. The fourth-order valence-electron chi connectivity index (χ4n) is 1.92. The van der Waals surface area contributed by atoms with Crippen LogP contribution in [0.25, 0.3) is 0 Å². The van der Waals surface area contributed by atoms with E-state index < -0.39 is 0 Å². The molecule has 4 heteroatoms. The zero-order valence-electron chi connectivity index (χ0n) is 12.2. The zero-order chi connectivity index (χ0) is 15.9. The van der Waals surface area contributed by atoms with Gasteiger partial charge < -0.3 is 10.6 Å². The summed E-state index contributed by atoms with van der Waals surface area (Å²) in [7, 11) is 0. The van der Waals surface area contributed by atoms with E-state index in [0.717, 1.165) is 5.56 Å². The molecule has 0 fully saturated rings. The third-order valence-electron chi connectivity index (χ3n) is 3.08. The van der Waals surface area contributed by atoms with E-state index in [4.69, 9.17) is 6.42 Å². The second kappa shape index (κ2) is 7.09. The molecule has 0 aromatic heterocycles. The molecular formula is C18H16N2O2. The highest BCUT2D eigenvalue weighted by atomic mass is 16.2. The van der Waals surface area contributed by atoms with Crippen LogP contribution in [0.1, 0.15) is 26.3 Å². The normalized spacial score (nSPS) is 9.64. The minimum atomic E-state index is -0.322. The van der Waals surface area contributed by atoms with Crippen LogP contribution in [0.3, 0.4) is 0 Å². The van der Waals surface area contributed by atoms with Crippen molar-refractivity contribution in [1.82, 2.24) is 5.32 Å². The van der Waals surface area contributed by atoms with E-state index in [1.54, 1.807) is 36.4 Å². The van der Waals surface area contributed by atoms with Crippen molar-refractivity contribution < 1.29 is 9.59 Å². The maximum absolute atomic E-state index is 12.2. The highest BCUT2D eigenvalue weighted by Crippen LogP contribution is 2.16. The first-order valence-electron chi connectivity index (χ1n) is 6.80. The van der Waals surface area contributed by atoms with Gasteiger partial charge in [0.25, 0.3) is 11.8 Å². The van der Waals surface area contributed by atoms with Crippen LogP contribution in [0.15, 0.2) is 48.5 Å². The molecule has 4 nitrogen and oxygen atoms in total. The van der Waals surface area contributed by atoms with Crippen molar-refractivity contribution in [2.24, 2.45) is 0 Å². The first-order valence-corrected chi connectivity index (χ1v) is 6.80. The van der Waals surface area contributed by atoms with E-state index in [-0.39, 0.29) is 18.4 Å². The van der Waals surface area contributed by atoms with Crippen molar-refractivity contribution in [3.05, 3.63) is 65.2 Å². The van der Waals surface area contributed by atoms with Gasteiger partial charge in [0.2, 0.25) is 0 Å². The molecule has 0 atom stereocenters. The summed E-state index contributed by atoms with van der Waals surface area (Å²) in [6, 6.07) is 14.0. The number of nitrogens with one attached hydrogen (secondary N) is 2. The molecule has 0 aliphatic carbocycles. The van der Waals surface area contributed by atoms with E-state index in [2.05, 4.69) is 16.6 Å². The Labute approximate surface area is 129 Å². The molecule has 0 spiro atoms. The van der Waals surface area contributed by atoms with Crippen molar-refractivity contribution in [2.45, 2.75) is 6.92 Å². The van der Waals surface area contributed by atoms with Crippen molar-refractivity contribution in [2.75, 3.05) is 11.9 Å². The molecule has 2 aromatic rings. The van der Waals surface area contributed by atoms with Gasteiger partial charge in [0.1, 0.15) is 0 Å². The van der Waals surface area contributed by atoms with Crippen LogP contribution < -0.4 is 10.6 Å². The lowest BCUT2D eigenvalue weighted by Gasteiger charge is -2.10. The van der Waals surface area contributed by atoms with Gasteiger partial charge in [0.15, 0.2) is 0 Å². The number of hydrogen-bond donors (Lipinski definition) is 2. The van der Waals surface area contributed by atoms with Gasteiger partial charge in [-0.1, -0.05) is 35.7 Å². The van der Waals surface area contributed by atoms with Crippen LogP contribution in [0.5, 0.6) is 0 Å². The fourth-order valence-corrected chi connectivity index (χ4v) is 1.92. The number of anilines is 1. The minimum absolute atomic E-state index is 0.138. The Hall–Kier alpha value is -3.06. The predicted molar refractivity (Wildman–Crippen MR) is 86.7 cm³/mol. The third-order valence-corrected chi connectivity index (χ3v) is 3.08. The van der Waals surface area contributed by atoms with Gasteiger partial charge in [-0.15, -0.1) is 6.42 Å². The molecule has 2 aromatic carbocycles. The van der Waals surface area contributed by atoms with Gasteiger partial charge in [-0.05, 0) is 31.2 Å². The average molecular weight is 292 g/mol. The number of carbonyl (C=O) groups excluding carboxylic acids is 2. The number of benzene rings is 2. The molecule has 0 saturated heterocycles. The summed E-state index contributed by atoms with van der Waals surface area (Å²) in [5.41, 5.74) is 2.43. The maximum atomic E-state index is 12.2. The van der Waals surface area contributed by atoms with E-state index in [1.165, 1.54) is 0 Å². The van der Waals surface area contributed by atoms with Crippen LogP contribution in [-0.4, -0.2) is 18.4 Å². The van der Waals surface area contributed by atoms with E-state index in [1.807, 2.05) is 19.1 Å². The number of aryl methyl sites for hydroxylation is 1. The molecule has 22 heavy (non-hydrogen) atoms. The van der Waals surface area contributed by atoms with E-state index in [0.29, 0.717) is 16.8 Å². The third kappa shape index (κ3) is 3.74. The maximum Gasteiger partial charge on any atom is 0.255 e. The number of hydrogen-bond acceptors (Lipinski definition) is 2. The SMILES string of the molecule is C#CCNC(=O)c1ccccc1NC(=O)c1ccc(C)cc1. The number of carbonyl (C=O) groups is 2. The highest BCUT2D eigenvalue weighted by molar-refractivity contribution is 6.09. The van der Waals surface area contributed by atoms with Crippen LogP contribution in [0, 0.1) is 19.3 Å². The Morgan fingerprint density at radius 3 is 2.41 bits per heavy atom. The van der Waals surface area contributed by atoms with Crippen LogP contribution >= 0.6 is 0 Å². The van der Waals surface area contributed by atoms with Gasteiger partial charge >= 0.3 is 0 Å². The second-order valence-electron chi connectivity index (χ2n) is 4.75. The number of para-hydroxylation sites is 1. The van der Waals surface area contributed by atoms with Crippen molar-refractivity contribution in [3.63, 3.8) is 0 Å². The summed E-state index contributed by atoms with van der Waals surface area (Å²) >= 11 is 0. The van der Waals surface area contributed by atoms with Crippen LogP contribution in [0.2, 0.25) is 0 Å². The summed E-state index contributed by atoms with van der Waals surface area (Å²) < 4.78 is 0. The predicted octanol–water partition coefficient (Wildman–Crippen LogP) is 2.61. The van der Waals surface area contributed by atoms with Crippen molar-refractivity contribution in [3.8, 4) is 12.3 Å². The summed E-state index contributed by atoms with van der Waals surface area (Å²) in [6.07, 6.45) is 5.13. The van der Waals surface area contributed by atoms with E-state index in [9.17, 15) is 9.59 Å². The van der Waals surface area contributed by atoms with E-state index >= 15 is 0 Å². The highest BCUT2D eigenvalue weighted by Gasteiger charge is 2.13. The minimum Gasteiger partial charge on any atom is -0.341 e. The Morgan fingerprint density at radius 1 is 1.05 bits per heavy atom. The smallest absolute Gasteiger partial charge is 0.255 e. The standard InChI is InChI=1S/C18H16N2O2/c1-3-12-19-18(22)15-6-4-5-7-16(15)20-17(21)14-10-8-13(2)9-11-14/h1,4-11H,12H2,2H3,(H,19,22)(H,20,21). The molecule has 0 aliphatic heterocycles. The number of amides is 2. The first-order chi connectivity index (χ1) is 10.6. The monoisotopic (exact) mass is 292 g/mol. The van der Waals surface area contributed by atoms with Crippen LogP contribution in [-0.2, 0) is 0 Å². The Morgan fingerprint density at radius 2 is 1.73 bits per heavy atom. The molecule has 2 amide bonds. The van der Waals surface area contributed by atoms with Gasteiger partial charge in [0, 0.05) is 5.56 Å². The number of rotatable bonds is 4. The van der Waals surface area contributed by atoms with Gasteiger partial charge in [-0.3, -0.25) is 9.59 Å². The molecule has 2 N–H and O–H groups in total. The first kappa shape index (κ1) is 15.3. The lowest BCUT2D eigenvalue weighted by Crippen LogP contribution is -2.25. The van der Waals surface area contributed by atoms with Gasteiger partial charge in [0.05, 0.1) is 17.8 Å². The Bertz CT molecular complexity index is 727. The molecule has 0 saturated carbocycles. The fraction of sp³-hybridized carbons (Fsp3) is 0.111. The number of terminal acetylenes is 1. The molecule has 0 unspecified atom stereocenters. The van der Waals surface area contributed by atoms with Gasteiger partial charge in [-0.2, -0.15) is 0 Å². The molecule has 0 radical (unpaired) electrons. The van der Waals surface area contributed by atoms with Gasteiger partial charge in [-0.25, -0.2) is 0 Å². The Balaban J connectivity index is 2.19. The average Bonchev–Trinajstić information content (AvgIpc) is 2.53. The quantitative estimate of drug-likeness (QED) is 0.851. The van der Waals surface area contributed by atoms with Crippen LogP contribution in [0.4, 0.5) is 5.69 Å². The zero-order valence-corrected chi connectivity index (χ0v) is 12.2. The van der Waals surface area contributed by atoms with Crippen molar-refractivity contribution in [1.29, 1.82) is 0 Å². The lowest BCUT2D eigenvalue weighted by molar-refractivity contribution is 0.0959. The summed E-state index contributed by atoms with van der Waals surface area (Å²) in [6.45, 7) is 2.09. The lowest BCUT2D eigenvalue weighted by atomic mass is 10.1. The summed E-state index contributed by atoms with van der Waals surface area (Å²) in [5, 5.41) is 5.34. The largest absolute Gasteiger partial charge is 0.341 e. The molecule has 0 bridgehead atoms. The molecular weight excluding hydrogens is 276 g/mol. The molecule has 2 rings (SSSR count). The Kier molecular flexibility index (Phi) is 4.94. The summed E-state index contributed by atoms with van der Waals surface area (Å²) in [5.74, 6) is 1.75. The molecule has 0 heterocycles. The van der Waals surface area contributed by atoms with Crippen molar-refractivity contribution >= 4 is 17.5 Å². The summed E-state index contributed by atoms with van der Waals surface area (Å²) in [4.78, 5) is 24.3. The topological polar surface area (TPSA) is 58.2 Å².